The molecule has 1 aromatic rings. The summed E-state index contributed by atoms with van der Waals surface area (Å²) in [5.74, 6) is -0.746. The minimum atomic E-state index is -4.53. The Labute approximate surface area is 111 Å². The molecule has 0 spiro atoms. The van der Waals surface area contributed by atoms with Gasteiger partial charge >= 0.3 is 13.8 Å². The van der Waals surface area contributed by atoms with Crippen molar-refractivity contribution in [3.05, 3.63) is 42.0 Å². The van der Waals surface area contributed by atoms with E-state index in [1.165, 1.54) is 13.0 Å². The van der Waals surface area contributed by atoms with E-state index in [0.717, 1.165) is 5.56 Å². The first kappa shape index (κ1) is 15.4. The van der Waals surface area contributed by atoms with Gasteiger partial charge in [0.25, 0.3) is 0 Å². The average Bonchev–Trinajstić information content (AvgIpc) is 2.36. The maximum atomic E-state index is 11.6. The van der Waals surface area contributed by atoms with Crippen LogP contribution in [0.15, 0.2) is 36.4 Å². The topological polar surface area (TPSA) is 82.1 Å². The molecule has 0 aliphatic carbocycles. The molecule has 104 valence electrons. The van der Waals surface area contributed by atoms with Crippen molar-refractivity contribution in [2.75, 3.05) is 0 Å². The third kappa shape index (κ3) is 4.87. The van der Waals surface area contributed by atoms with Gasteiger partial charge in [-0.1, -0.05) is 36.4 Å². The van der Waals surface area contributed by atoms with Crippen LogP contribution in [0, 0.1) is 0 Å². The molecule has 0 aliphatic heterocycles. The first-order chi connectivity index (χ1) is 8.85. The summed E-state index contributed by atoms with van der Waals surface area (Å²) in [5, 5.41) is 0. The molecule has 0 saturated heterocycles. The molecule has 1 atom stereocenters. The number of rotatable bonds is 6. The lowest BCUT2D eigenvalue weighted by Crippen LogP contribution is -2.07. The predicted octanol–water partition coefficient (Wildman–Crippen LogP) is 2.78. The molecule has 6 nitrogen and oxygen atoms in total. The number of aryl methyl sites for hydroxylation is 1. The Balaban J connectivity index is 2.71. The monoisotopic (exact) mass is 286 g/mol. The molecule has 1 rings (SSSR count). The summed E-state index contributed by atoms with van der Waals surface area (Å²) in [7, 11) is -4.53. The molecule has 0 amide bonds. The highest BCUT2D eigenvalue weighted by Gasteiger charge is 2.28. The van der Waals surface area contributed by atoms with Gasteiger partial charge in [-0.25, -0.2) is 9.36 Å². The van der Waals surface area contributed by atoms with Crippen LogP contribution < -0.4 is 4.52 Å². The van der Waals surface area contributed by atoms with Crippen molar-refractivity contribution in [1.29, 1.82) is 0 Å². The molecule has 0 radical (unpaired) electrons. The zero-order chi connectivity index (χ0) is 14.5. The molecule has 0 saturated carbocycles. The van der Waals surface area contributed by atoms with Crippen molar-refractivity contribution in [1.82, 2.24) is 0 Å². The molecule has 1 aromatic carbocycles. The van der Waals surface area contributed by atoms with Crippen LogP contribution in [0.2, 0.25) is 0 Å². The van der Waals surface area contributed by atoms with Crippen LogP contribution in [0.25, 0.3) is 0 Å². The highest BCUT2D eigenvalue weighted by atomic mass is 31.2. The lowest BCUT2D eigenvalue weighted by Gasteiger charge is -2.13. The van der Waals surface area contributed by atoms with Crippen LogP contribution >= 0.6 is 7.82 Å². The molecule has 1 unspecified atom stereocenters. The second kappa shape index (κ2) is 6.52. The van der Waals surface area contributed by atoms with E-state index in [-0.39, 0.29) is 11.3 Å². The first-order valence-electron chi connectivity index (χ1n) is 5.52. The standard InChI is InChI=1S/C12H15O6P/c1-4-10-7-5-6-8-11(10)17-19(14,15)18-16-12(13)9(2)3/h5-8H,2,4H2,1,3H3,(H,14,15). The van der Waals surface area contributed by atoms with E-state index in [0.29, 0.717) is 6.42 Å². The molecule has 7 heteroatoms. The van der Waals surface area contributed by atoms with E-state index in [1.807, 2.05) is 6.92 Å². The Morgan fingerprint density at radius 2 is 2.05 bits per heavy atom. The molecule has 0 heterocycles. The maximum Gasteiger partial charge on any atom is 0.564 e. The fourth-order valence-electron chi connectivity index (χ4n) is 1.18. The van der Waals surface area contributed by atoms with Gasteiger partial charge in [0, 0.05) is 5.57 Å². The van der Waals surface area contributed by atoms with E-state index in [1.54, 1.807) is 18.2 Å². The fraction of sp³-hybridized carbons (Fsp3) is 0.250. The number of phosphoric ester groups is 1. The molecular weight excluding hydrogens is 271 g/mol. The van der Waals surface area contributed by atoms with E-state index in [2.05, 4.69) is 16.1 Å². The molecule has 0 bridgehead atoms. The van der Waals surface area contributed by atoms with Gasteiger partial charge in [0.1, 0.15) is 5.75 Å². The lowest BCUT2D eigenvalue weighted by atomic mass is 10.1. The van der Waals surface area contributed by atoms with Gasteiger partial charge in [0.2, 0.25) is 0 Å². The van der Waals surface area contributed by atoms with Gasteiger partial charge in [0.15, 0.2) is 0 Å². The van der Waals surface area contributed by atoms with Gasteiger partial charge < -0.3 is 4.52 Å². The van der Waals surface area contributed by atoms with Crippen molar-refractivity contribution in [2.45, 2.75) is 20.3 Å². The summed E-state index contributed by atoms with van der Waals surface area (Å²) in [6.07, 6.45) is 0.613. The van der Waals surface area contributed by atoms with E-state index in [9.17, 15) is 14.3 Å². The summed E-state index contributed by atoms with van der Waals surface area (Å²) in [4.78, 5) is 24.6. The summed E-state index contributed by atoms with van der Waals surface area (Å²) >= 11 is 0. The fourth-order valence-corrected chi connectivity index (χ4v) is 1.80. The molecule has 19 heavy (non-hydrogen) atoms. The Bertz CT molecular complexity index is 525. The zero-order valence-electron chi connectivity index (χ0n) is 10.7. The van der Waals surface area contributed by atoms with Crippen LogP contribution in [0.3, 0.4) is 0 Å². The largest absolute Gasteiger partial charge is 0.564 e. The molecule has 0 fully saturated rings. The van der Waals surface area contributed by atoms with Crippen molar-refractivity contribution < 1.29 is 28.3 Å². The van der Waals surface area contributed by atoms with Crippen molar-refractivity contribution >= 4 is 13.8 Å². The number of hydrogen-bond donors (Lipinski definition) is 1. The maximum absolute atomic E-state index is 11.6. The number of phosphoric acid groups is 1. The van der Waals surface area contributed by atoms with Gasteiger partial charge in [0.05, 0.1) is 0 Å². The molecule has 0 aromatic heterocycles. The van der Waals surface area contributed by atoms with Crippen LogP contribution in [0.5, 0.6) is 5.75 Å². The second-order valence-electron chi connectivity index (χ2n) is 3.75. The second-order valence-corrected chi connectivity index (χ2v) is 5.02. The Hall–Kier alpha value is -1.62. The minimum Gasteiger partial charge on any atom is -0.402 e. The minimum absolute atomic E-state index is 0.0361. The summed E-state index contributed by atoms with van der Waals surface area (Å²) in [6, 6.07) is 6.69. The first-order valence-corrected chi connectivity index (χ1v) is 7.01. The molecular formula is C12H15O6P. The van der Waals surface area contributed by atoms with Crippen molar-refractivity contribution in [3.8, 4) is 5.75 Å². The number of hydrogen-bond acceptors (Lipinski definition) is 5. The highest BCUT2D eigenvalue weighted by Crippen LogP contribution is 2.45. The summed E-state index contributed by atoms with van der Waals surface area (Å²) in [6.45, 7) is 6.54. The lowest BCUT2D eigenvalue weighted by molar-refractivity contribution is -0.216. The molecule has 0 aliphatic rings. The van der Waals surface area contributed by atoms with Gasteiger partial charge in [-0.2, -0.15) is 0 Å². The van der Waals surface area contributed by atoms with E-state index < -0.39 is 13.8 Å². The number of carbonyl (C=O) groups is 1. The van der Waals surface area contributed by atoms with Crippen LogP contribution in [-0.4, -0.2) is 10.9 Å². The van der Waals surface area contributed by atoms with Gasteiger partial charge in [-0.15, -0.1) is 0 Å². The zero-order valence-corrected chi connectivity index (χ0v) is 11.6. The number of para-hydroxylation sites is 1. The van der Waals surface area contributed by atoms with E-state index >= 15 is 0 Å². The molecule has 1 N–H and O–H groups in total. The summed E-state index contributed by atoms with van der Waals surface area (Å²) in [5.41, 5.74) is 0.764. The van der Waals surface area contributed by atoms with Crippen LogP contribution in [0.1, 0.15) is 19.4 Å². The quantitative estimate of drug-likeness (QED) is 0.375. The predicted molar refractivity (Wildman–Crippen MR) is 68.3 cm³/mol. The van der Waals surface area contributed by atoms with Crippen molar-refractivity contribution in [3.63, 3.8) is 0 Å². The normalized spacial score (nSPS) is 13.4. The Kier molecular flexibility index (Phi) is 5.30. The summed E-state index contributed by atoms with van der Waals surface area (Å²) < 4.78 is 20.6. The highest BCUT2D eigenvalue weighted by molar-refractivity contribution is 7.47. The average molecular weight is 286 g/mol. The smallest absolute Gasteiger partial charge is 0.402 e. The third-order valence-electron chi connectivity index (χ3n) is 2.12. The van der Waals surface area contributed by atoms with Crippen molar-refractivity contribution in [2.24, 2.45) is 0 Å². The van der Waals surface area contributed by atoms with Gasteiger partial charge in [-0.3, -0.25) is 9.78 Å². The van der Waals surface area contributed by atoms with Crippen LogP contribution in [0.4, 0.5) is 0 Å². The Morgan fingerprint density at radius 1 is 1.42 bits per heavy atom. The Morgan fingerprint density at radius 3 is 2.63 bits per heavy atom. The number of carbonyl (C=O) groups excluding carboxylic acids is 1. The van der Waals surface area contributed by atoms with E-state index in [4.69, 9.17) is 4.52 Å². The third-order valence-corrected chi connectivity index (χ3v) is 2.81. The van der Waals surface area contributed by atoms with Crippen LogP contribution in [-0.2, 0) is 25.3 Å². The number of benzene rings is 1. The van der Waals surface area contributed by atoms with Gasteiger partial charge in [-0.05, 0) is 25.0 Å². The SMILES string of the molecule is C=C(C)C(=O)OOP(=O)(O)Oc1ccccc1CC.